The maximum atomic E-state index is 6.26. The second-order valence-corrected chi connectivity index (χ2v) is 15.2. The summed E-state index contributed by atoms with van der Waals surface area (Å²) in [6.07, 6.45) is 0. The lowest BCUT2D eigenvalue weighted by atomic mass is 9.95. The van der Waals surface area contributed by atoms with E-state index in [1.807, 2.05) is 18.2 Å². The molecule has 0 atom stereocenters. The predicted octanol–water partition coefficient (Wildman–Crippen LogP) is 14.4. The summed E-state index contributed by atoms with van der Waals surface area (Å²) in [5.41, 5.74) is 12.4. The molecule has 5 heteroatoms. The first-order chi connectivity index (χ1) is 29.7. The molecule has 280 valence electrons. The monoisotopic (exact) mass is 766 g/mol. The van der Waals surface area contributed by atoms with Crippen LogP contribution in [0, 0.1) is 0 Å². The zero-order valence-electron chi connectivity index (χ0n) is 32.3. The summed E-state index contributed by atoms with van der Waals surface area (Å²) in [5, 5.41) is 6.74. The fraction of sp³-hybridized carbons (Fsp3) is 0. The third kappa shape index (κ3) is 5.59. The number of hydrogen-bond acceptors (Lipinski definition) is 4. The van der Waals surface area contributed by atoms with Crippen LogP contribution >= 0.6 is 0 Å². The van der Waals surface area contributed by atoms with E-state index in [2.05, 4.69) is 193 Å². The van der Waals surface area contributed by atoms with E-state index < -0.39 is 0 Å². The van der Waals surface area contributed by atoms with Gasteiger partial charge >= 0.3 is 0 Å². The SMILES string of the molecule is c1ccc(-c2ccc(-c3nc(-c4cccc(-c5cccc6cc7oc8ccccc8c7cc56)c4)nc(-c4cccc5c4c4ccccc4n5-c4ccccc4)n3)cc2)cc1. The molecule has 0 bridgehead atoms. The fourth-order valence-corrected chi connectivity index (χ4v) is 8.83. The van der Waals surface area contributed by atoms with E-state index in [4.69, 9.17) is 19.4 Å². The molecule has 12 aromatic rings. The van der Waals surface area contributed by atoms with Gasteiger partial charge in [0.1, 0.15) is 11.2 Å². The summed E-state index contributed by atoms with van der Waals surface area (Å²) >= 11 is 0. The Kier molecular flexibility index (Phi) is 7.78. The lowest BCUT2D eigenvalue weighted by Crippen LogP contribution is -2.01. The van der Waals surface area contributed by atoms with Gasteiger partial charge in [0, 0.05) is 43.9 Å². The quantitative estimate of drug-likeness (QED) is 0.169. The topological polar surface area (TPSA) is 56.7 Å². The largest absolute Gasteiger partial charge is 0.456 e. The van der Waals surface area contributed by atoms with Gasteiger partial charge in [-0.25, -0.2) is 15.0 Å². The zero-order valence-corrected chi connectivity index (χ0v) is 32.3. The smallest absolute Gasteiger partial charge is 0.164 e. The van der Waals surface area contributed by atoms with Crippen molar-refractivity contribution in [3.05, 3.63) is 206 Å². The standard InChI is InChI=1S/C55H34N4O/c1-3-14-35(15-4-1)36-28-30-37(31-29-36)53-56-54(58-55(57-53)45-24-13-26-49-52(45)44-22-7-9-25-48(44)59(49)41-19-5-2-6-20-41)40-18-11-16-38(32-40)42-23-12-17-39-33-51-47(34-46(39)42)43-21-8-10-27-50(43)60-51/h1-34H. The number of hydrogen-bond donors (Lipinski definition) is 0. The lowest BCUT2D eigenvalue weighted by Gasteiger charge is -2.12. The predicted molar refractivity (Wildman–Crippen MR) is 246 cm³/mol. The van der Waals surface area contributed by atoms with E-state index in [0.717, 1.165) is 99.1 Å². The molecule has 0 unspecified atom stereocenters. The molecule has 0 aliphatic heterocycles. The Labute approximate surface area is 345 Å². The summed E-state index contributed by atoms with van der Waals surface area (Å²) in [6.45, 7) is 0. The van der Waals surface area contributed by atoms with E-state index in [0.29, 0.717) is 17.5 Å². The van der Waals surface area contributed by atoms with Crippen LogP contribution in [0.15, 0.2) is 211 Å². The molecular formula is C55H34N4O. The van der Waals surface area contributed by atoms with Gasteiger partial charge in [-0.2, -0.15) is 0 Å². The molecule has 5 nitrogen and oxygen atoms in total. The Morgan fingerprint density at radius 3 is 1.78 bits per heavy atom. The minimum absolute atomic E-state index is 0.608. The third-order valence-electron chi connectivity index (χ3n) is 11.6. The maximum Gasteiger partial charge on any atom is 0.164 e. The highest BCUT2D eigenvalue weighted by Gasteiger charge is 2.20. The van der Waals surface area contributed by atoms with Gasteiger partial charge in [-0.1, -0.05) is 158 Å². The molecule has 0 fully saturated rings. The second-order valence-electron chi connectivity index (χ2n) is 15.2. The molecular weight excluding hydrogens is 733 g/mol. The number of rotatable bonds is 6. The molecule has 0 saturated heterocycles. The molecule has 0 spiro atoms. The van der Waals surface area contributed by atoms with Gasteiger partial charge < -0.3 is 8.98 Å². The van der Waals surface area contributed by atoms with Crippen molar-refractivity contribution in [2.75, 3.05) is 0 Å². The van der Waals surface area contributed by atoms with Crippen LogP contribution in [0.25, 0.3) is 117 Å². The van der Waals surface area contributed by atoms with Gasteiger partial charge in [0.2, 0.25) is 0 Å². The zero-order chi connectivity index (χ0) is 39.6. The fourth-order valence-electron chi connectivity index (χ4n) is 8.83. The molecule has 0 saturated carbocycles. The van der Waals surface area contributed by atoms with Gasteiger partial charge in [-0.3, -0.25) is 0 Å². The molecule has 60 heavy (non-hydrogen) atoms. The number of para-hydroxylation sites is 3. The average molecular weight is 767 g/mol. The number of nitrogens with zero attached hydrogens (tertiary/aromatic N) is 4. The Balaban J connectivity index is 1.06. The van der Waals surface area contributed by atoms with Gasteiger partial charge in [0.05, 0.1) is 11.0 Å². The Hall–Kier alpha value is -8.15. The molecule has 0 aliphatic carbocycles. The maximum absolute atomic E-state index is 6.26. The highest BCUT2D eigenvalue weighted by atomic mass is 16.3. The summed E-state index contributed by atoms with van der Waals surface area (Å²) in [7, 11) is 0. The van der Waals surface area contributed by atoms with Gasteiger partial charge in [-0.15, -0.1) is 0 Å². The molecule has 9 aromatic carbocycles. The van der Waals surface area contributed by atoms with Crippen LogP contribution in [-0.4, -0.2) is 19.5 Å². The Bertz CT molecular complexity index is 3590. The highest BCUT2D eigenvalue weighted by Crippen LogP contribution is 2.40. The number of benzene rings is 9. The van der Waals surface area contributed by atoms with Crippen LogP contribution < -0.4 is 0 Å². The molecule has 0 radical (unpaired) electrons. The number of fused-ring (bicyclic) bond motifs is 7. The van der Waals surface area contributed by atoms with E-state index in [1.54, 1.807) is 0 Å². The van der Waals surface area contributed by atoms with Crippen molar-refractivity contribution in [3.8, 4) is 62.1 Å². The molecule has 3 aromatic heterocycles. The van der Waals surface area contributed by atoms with E-state index in [1.165, 1.54) is 0 Å². The average Bonchev–Trinajstić information content (AvgIpc) is 3.86. The van der Waals surface area contributed by atoms with E-state index in [-0.39, 0.29) is 0 Å². The molecule has 0 amide bonds. The van der Waals surface area contributed by atoms with E-state index in [9.17, 15) is 0 Å². The first kappa shape index (κ1) is 33.9. The number of furan rings is 1. The van der Waals surface area contributed by atoms with Crippen molar-refractivity contribution in [2.24, 2.45) is 0 Å². The molecule has 12 rings (SSSR count). The second kappa shape index (κ2) is 13.8. The van der Waals surface area contributed by atoms with Crippen molar-refractivity contribution in [1.29, 1.82) is 0 Å². The van der Waals surface area contributed by atoms with E-state index >= 15 is 0 Å². The molecule has 0 N–H and O–H groups in total. The van der Waals surface area contributed by atoms with Crippen LogP contribution in [0.3, 0.4) is 0 Å². The van der Waals surface area contributed by atoms with Crippen LogP contribution in [0.4, 0.5) is 0 Å². The van der Waals surface area contributed by atoms with Crippen molar-refractivity contribution < 1.29 is 4.42 Å². The van der Waals surface area contributed by atoms with Crippen molar-refractivity contribution in [2.45, 2.75) is 0 Å². The third-order valence-corrected chi connectivity index (χ3v) is 11.6. The van der Waals surface area contributed by atoms with Crippen molar-refractivity contribution >= 4 is 54.5 Å². The summed E-state index contributed by atoms with van der Waals surface area (Å²) < 4.78 is 8.58. The minimum Gasteiger partial charge on any atom is -0.456 e. The summed E-state index contributed by atoms with van der Waals surface area (Å²) in [4.78, 5) is 15.8. The molecule has 0 aliphatic rings. The van der Waals surface area contributed by atoms with Crippen LogP contribution in [0.2, 0.25) is 0 Å². The van der Waals surface area contributed by atoms with Crippen molar-refractivity contribution in [3.63, 3.8) is 0 Å². The first-order valence-electron chi connectivity index (χ1n) is 20.2. The van der Waals surface area contributed by atoms with Gasteiger partial charge in [0.25, 0.3) is 0 Å². The lowest BCUT2D eigenvalue weighted by molar-refractivity contribution is 0.669. The normalized spacial score (nSPS) is 11.7. The Morgan fingerprint density at radius 1 is 0.333 bits per heavy atom. The molecule has 3 heterocycles. The van der Waals surface area contributed by atoms with Crippen LogP contribution in [0.5, 0.6) is 0 Å². The summed E-state index contributed by atoms with van der Waals surface area (Å²) in [6, 6.07) is 72.1. The summed E-state index contributed by atoms with van der Waals surface area (Å²) in [5.74, 6) is 1.84. The van der Waals surface area contributed by atoms with Crippen LogP contribution in [-0.2, 0) is 0 Å². The van der Waals surface area contributed by atoms with Crippen molar-refractivity contribution in [1.82, 2.24) is 19.5 Å². The minimum atomic E-state index is 0.608. The first-order valence-corrected chi connectivity index (χ1v) is 20.2. The van der Waals surface area contributed by atoms with Gasteiger partial charge in [0.15, 0.2) is 17.5 Å². The highest BCUT2D eigenvalue weighted by molar-refractivity contribution is 6.15. The Morgan fingerprint density at radius 2 is 0.933 bits per heavy atom. The van der Waals surface area contributed by atoms with Gasteiger partial charge in [-0.05, 0) is 81.6 Å². The van der Waals surface area contributed by atoms with Crippen LogP contribution in [0.1, 0.15) is 0 Å². The number of aromatic nitrogens is 4.